The summed E-state index contributed by atoms with van der Waals surface area (Å²) in [5, 5.41) is 0. The average molecular weight is 255 g/mol. The van der Waals surface area contributed by atoms with E-state index in [1.165, 1.54) is 18.4 Å². The first-order chi connectivity index (χ1) is 9.31. The summed E-state index contributed by atoms with van der Waals surface area (Å²) in [4.78, 5) is 0. The van der Waals surface area contributed by atoms with Crippen LogP contribution >= 0.6 is 0 Å². The van der Waals surface area contributed by atoms with E-state index < -0.39 is 0 Å². The zero-order valence-electron chi connectivity index (χ0n) is 11.4. The molecule has 2 aromatic rings. The van der Waals surface area contributed by atoms with E-state index in [2.05, 4.69) is 19.1 Å². The zero-order chi connectivity index (χ0) is 13.5. The zero-order valence-corrected chi connectivity index (χ0v) is 11.4. The number of unbranched alkanes of at least 4 members (excludes halogenated alkanes) is 1. The predicted molar refractivity (Wildman–Crippen MR) is 79.5 cm³/mol. The van der Waals surface area contributed by atoms with Gasteiger partial charge in [0.1, 0.15) is 11.5 Å². The van der Waals surface area contributed by atoms with Gasteiger partial charge in [0.15, 0.2) is 0 Å². The monoisotopic (exact) mass is 255 g/mol. The minimum atomic E-state index is 0.562. The molecule has 0 aliphatic heterocycles. The van der Waals surface area contributed by atoms with Crippen LogP contribution < -0.4 is 10.5 Å². The molecule has 19 heavy (non-hydrogen) atoms. The molecule has 0 saturated carbocycles. The maximum Gasteiger partial charge on any atom is 0.127 e. The highest BCUT2D eigenvalue weighted by Gasteiger charge is 1.98. The number of hydrogen-bond acceptors (Lipinski definition) is 2. The van der Waals surface area contributed by atoms with Crippen LogP contribution in [0, 0.1) is 0 Å². The van der Waals surface area contributed by atoms with Gasteiger partial charge in [0, 0.05) is 6.54 Å². The number of ether oxygens (including phenoxy) is 1. The summed E-state index contributed by atoms with van der Waals surface area (Å²) >= 11 is 0. The number of hydrogen-bond donors (Lipinski definition) is 1. The fourth-order valence-electron chi connectivity index (χ4n) is 1.93. The van der Waals surface area contributed by atoms with Gasteiger partial charge < -0.3 is 10.5 Å². The van der Waals surface area contributed by atoms with Gasteiger partial charge in [-0.3, -0.25) is 0 Å². The number of rotatable bonds is 6. The van der Waals surface area contributed by atoms with Crippen molar-refractivity contribution in [1.29, 1.82) is 0 Å². The van der Waals surface area contributed by atoms with Gasteiger partial charge in [0.05, 0.1) is 0 Å². The molecule has 0 fully saturated rings. The highest BCUT2D eigenvalue weighted by atomic mass is 16.5. The Kier molecular flexibility index (Phi) is 4.99. The van der Waals surface area contributed by atoms with E-state index in [1.54, 1.807) is 0 Å². The predicted octanol–water partition coefficient (Wildman–Crippen LogP) is 4.28. The number of benzene rings is 2. The maximum atomic E-state index is 5.80. The molecule has 2 aromatic carbocycles. The molecule has 2 N–H and O–H groups in total. The number of nitrogens with two attached hydrogens (primary N) is 1. The molecule has 2 heteroatoms. The Morgan fingerprint density at radius 2 is 1.37 bits per heavy atom. The molecule has 0 heterocycles. The first kappa shape index (κ1) is 13.6. The molecule has 0 saturated heterocycles. The highest BCUT2D eigenvalue weighted by molar-refractivity contribution is 5.34. The third-order valence-electron chi connectivity index (χ3n) is 3.14. The standard InChI is InChI=1S/C17H21NO/c1-2-3-4-14-5-9-16(10-6-14)19-17-11-7-15(13-18)8-12-17/h5-12H,2-4,13,18H2,1H3. The van der Waals surface area contributed by atoms with E-state index in [0.717, 1.165) is 23.5 Å². The van der Waals surface area contributed by atoms with Crippen LogP contribution in [0.4, 0.5) is 0 Å². The van der Waals surface area contributed by atoms with Gasteiger partial charge >= 0.3 is 0 Å². The van der Waals surface area contributed by atoms with Crippen molar-refractivity contribution in [2.24, 2.45) is 5.73 Å². The van der Waals surface area contributed by atoms with Crippen molar-refractivity contribution in [3.8, 4) is 11.5 Å². The molecule has 0 radical (unpaired) electrons. The molecule has 2 rings (SSSR count). The fourth-order valence-corrected chi connectivity index (χ4v) is 1.93. The Bertz CT molecular complexity index is 488. The number of aryl methyl sites for hydroxylation is 1. The second kappa shape index (κ2) is 6.95. The smallest absolute Gasteiger partial charge is 0.127 e. The van der Waals surface area contributed by atoms with E-state index in [9.17, 15) is 0 Å². The summed E-state index contributed by atoms with van der Waals surface area (Å²) in [7, 11) is 0. The Hall–Kier alpha value is -1.80. The van der Waals surface area contributed by atoms with E-state index in [4.69, 9.17) is 10.5 Å². The summed E-state index contributed by atoms with van der Waals surface area (Å²) < 4.78 is 5.80. The molecule has 2 nitrogen and oxygen atoms in total. The lowest BCUT2D eigenvalue weighted by molar-refractivity contribution is 0.482. The molecule has 0 aliphatic carbocycles. The summed E-state index contributed by atoms with van der Waals surface area (Å²) in [6.45, 7) is 2.77. The summed E-state index contributed by atoms with van der Waals surface area (Å²) in [5.41, 5.74) is 8.05. The van der Waals surface area contributed by atoms with Gasteiger partial charge in [-0.25, -0.2) is 0 Å². The lowest BCUT2D eigenvalue weighted by Gasteiger charge is -2.07. The van der Waals surface area contributed by atoms with Crippen LogP contribution in [0.25, 0.3) is 0 Å². The van der Waals surface area contributed by atoms with E-state index in [-0.39, 0.29) is 0 Å². The lowest BCUT2D eigenvalue weighted by Crippen LogP contribution is -1.95. The third kappa shape index (κ3) is 4.11. The maximum absolute atomic E-state index is 5.80. The quantitative estimate of drug-likeness (QED) is 0.836. The molecular weight excluding hydrogens is 234 g/mol. The van der Waals surface area contributed by atoms with E-state index >= 15 is 0 Å². The second-order valence-electron chi connectivity index (χ2n) is 4.70. The van der Waals surface area contributed by atoms with Gasteiger partial charge in [-0.1, -0.05) is 37.6 Å². The van der Waals surface area contributed by atoms with Crippen LogP contribution in [0.1, 0.15) is 30.9 Å². The third-order valence-corrected chi connectivity index (χ3v) is 3.14. The average Bonchev–Trinajstić information content (AvgIpc) is 2.47. The van der Waals surface area contributed by atoms with Crippen LogP contribution in [0.3, 0.4) is 0 Å². The minimum absolute atomic E-state index is 0.562. The van der Waals surface area contributed by atoms with Crippen molar-refractivity contribution in [1.82, 2.24) is 0 Å². The van der Waals surface area contributed by atoms with Crippen LogP contribution in [0.15, 0.2) is 48.5 Å². The molecule has 0 aliphatic rings. The summed E-state index contributed by atoms with van der Waals surface area (Å²) in [6, 6.07) is 16.2. The summed E-state index contributed by atoms with van der Waals surface area (Å²) in [6.07, 6.45) is 3.61. The molecule has 0 atom stereocenters. The van der Waals surface area contributed by atoms with Crippen LogP contribution in [-0.4, -0.2) is 0 Å². The van der Waals surface area contributed by atoms with Crippen LogP contribution in [0.2, 0.25) is 0 Å². The first-order valence-electron chi connectivity index (χ1n) is 6.87. The lowest BCUT2D eigenvalue weighted by atomic mass is 10.1. The normalized spacial score (nSPS) is 10.4. The van der Waals surface area contributed by atoms with Crippen molar-refractivity contribution in [2.45, 2.75) is 32.7 Å². The SMILES string of the molecule is CCCCc1ccc(Oc2ccc(CN)cc2)cc1. The van der Waals surface area contributed by atoms with Crippen molar-refractivity contribution in [3.05, 3.63) is 59.7 Å². The molecule has 100 valence electrons. The Morgan fingerprint density at radius 3 is 1.84 bits per heavy atom. The van der Waals surface area contributed by atoms with Crippen molar-refractivity contribution < 1.29 is 4.74 Å². The van der Waals surface area contributed by atoms with Gasteiger partial charge in [-0.05, 0) is 48.2 Å². The fraction of sp³-hybridized carbons (Fsp3) is 0.294. The largest absolute Gasteiger partial charge is 0.457 e. The second-order valence-corrected chi connectivity index (χ2v) is 4.70. The molecule has 0 unspecified atom stereocenters. The highest BCUT2D eigenvalue weighted by Crippen LogP contribution is 2.22. The van der Waals surface area contributed by atoms with Gasteiger partial charge in [-0.15, -0.1) is 0 Å². The van der Waals surface area contributed by atoms with Crippen molar-refractivity contribution in [2.75, 3.05) is 0 Å². The molecular formula is C17H21NO. The summed E-state index contributed by atoms with van der Waals surface area (Å²) in [5.74, 6) is 1.72. The first-order valence-corrected chi connectivity index (χ1v) is 6.87. The molecule has 0 amide bonds. The topological polar surface area (TPSA) is 35.2 Å². The molecule has 0 aromatic heterocycles. The Labute approximate surface area is 115 Å². The van der Waals surface area contributed by atoms with Gasteiger partial charge in [0.25, 0.3) is 0 Å². The van der Waals surface area contributed by atoms with E-state index in [1.807, 2.05) is 36.4 Å². The minimum Gasteiger partial charge on any atom is -0.457 e. The Morgan fingerprint density at radius 1 is 0.842 bits per heavy atom. The molecule has 0 bridgehead atoms. The van der Waals surface area contributed by atoms with Crippen molar-refractivity contribution >= 4 is 0 Å². The van der Waals surface area contributed by atoms with E-state index in [0.29, 0.717) is 6.54 Å². The Balaban J connectivity index is 1.98. The van der Waals surface area contributed by atoms with Crippen molar-refractivity contribution in [3.63, 3.8) is 0 Å². The van der Waals surface area contributed by atoms with Crippen LogP contribution in [0.5, 0.6) is 11.5 Å². The van der Waals surface area contributed by atoms with Gasteiger partial charge in [0.2, 0.25) is 0 Å². The van der Waals surface area contributed by atoms with Crippen LogP contribution in [-0.2, 0) is 13.0 Å². The van der Waals surface area contributed by atoms with Gasteiger partial charge in [-0.2, -0.15) is 0 Å². The molecule has 0 spiro atoms.